The molecule has 0 radical (unpaired) electrons. The Balaban J connectivity index is 1.82. The number of unbranched alkanes of at least 4 members (excludes halogenated alkanes) is 2. The maximum atomic E-state index is 11.8. The van der Waals surface area contributed by atoms with Crippen molar-refractivity contribution in [1.82, 2.24) is 5.32 Å². The van der Waals surface area contributed by atoms with Crippen molar-refractivity contribution < 1.29 is 19.0 Å². The van der Waals surface area contributed by atoms with E-state index in [0.29, 0.717) is 30.0 Å². The molecule has 1 fully saturated rings. The summed E-state index contributed by atoms with van der Waals surface area (Å²) in [5.41, 5.74) is 1.77. The molecule has 8 heteroatoms. The zero-order valence-electron chi connectivity index (χ0n) is 22.3. The number of fused-ring (bicyclic) bond motifs is 1. The first-order valence-corrected chi connectivity index (χ1v) is 16.4. The SMILES string of the molecule is CCCCC1(CCCC)CN(c2ccccc2)c2cc(SC)c(CNC3(C(=O)O)CC3)cc2S(O)(O)C1. The second kappa shape index (κ2) is 11.6. The Morgan fingerprint density at radius 2 is 1.73 bits per heavy atom. The van der Waals surface area contributed by atoms with Crippen molar-refractivity contribution >= 4 is 39.7 Å². The van der Waals surface area contributed by atoms with Crippen LogP contribution in [0.3, 0.4) is 0 Å². The number of anilines is 2. The number of benzene rings is 2. The first-order valence-electron chi connectivity index (χ1n) is 13.5. The molecule has 0 saturated heterocycles. The van der Waals surface area contributed by atoms with Crippen molar-refractivity contribution in [3.8, 4) is 0 Å². The second-order valence-electron chi connectivity index (χ2n) is 10.8. The topological polar surface area (TPSA) is 93.0 Å². The summed E-state index contributed by atoms with van der Waals surface area (Å²) < 4.78 is 23.6. The summed E-state index contributed by atoms with van der Waals surface area (Å²) in [7, 11) is -3.08. The van der Waals surface area contributed by atoms with Crippen LogP contribution in [-0.2, 0) is 11.3 Å². The van der Waals surface area contributed by atoms with Gasteiger partial charge in [0, 0.05) is 34.8 Å². The summed E-state index contributed by atoms with van der Waals surface area (Å²) in [5, 5.41) is 12.9. The van der Waals surface area contributed by atoms with E-state index in [0.717, 1.165) is 66.9 Å². The van der Waals surface area contributed by atoms with E-state index in [1.54, 1.807) is 11.8 Å². The van der Waals surface area contributed by atoms with Gasteiger partial charge >= 0.3 is 5.97 Å². The molecule has 0 aromatic heterocycles. The monoisotopic (exact) mass is 546 g/mol. The fourth-order valence-corrected chi connectivity index (χ4v) is 8.44. The van der Waals surface area contributed by atoms with Gasteiger partial charge in [0.1, 0.15) is 5.54 Å². The van der Waals surface area contributed by atoms with E-state index in [4.69, 9.17) is 0 Å². The standard InChI is InChI=1S/C29H42N2O4S2/c1-4-6-13-28(14-7-5-2)20-31(23-11-9-8-10-12-23)24-18-25(36-3)22(17-26(24)37(34,35)21-28)19-30-29(15-16-29)27(32)33/h8-12,17-18,30,34-35H,4-7,13-16,19-21H2,1-3H3,(H,32,33). The highest BCUT2D eigenvalue weighted by molar-refractivity contribution is 8.24. The molecule has 0 spiro atoms. The third-order valence-corrected chi connectivity index (χ3v) is 10.8. The quantitative estimate of drug-likeness (QED) is 0.202. The van der Waals surface area contributed by atoms with E-state index in [1.807, 2.05) is 30.5 Å². The molecule has 4 rings (SSSR count). The van der Waals surface area contributed by atoms with Gasteiger partial charge in [-0.15, -0.1) is 11.8 Å². The van der Waals surface area contributed by atoms with Crippen molar-refractivity contribution in [2.45, 2.75) is 87.1 Å². The molecule has 0 bridgehead atoms. The highest BCUT2D eigenvalue weighted by Gasteiger charge is 2.50. The summed E-state index contributed by atoms with van der Waals surface area (Å²) in [5.74, 6) is -0.454. The maximum Gasteiger partial charge on any atom is 0.323 e. The zero-order valence-corrected chi connectivity index (χ0v) is 24.0. The first-order chi connectivity index (χ1) is 17.7. The van der Waals surface area contributed by atoms with Crippen molar-refractivity contribution in [2.24, 2.45) is 5.41 Å². The average molecular weight is 547 g/mol. The number of thioether (sulfide) groups is 1. The maximum absolute atomic E-state index is 11.8. The van der Waals surface area contributed by atoms with Gasteiger partial charge in [-0.3, -0.25) is 19.2 Å². The minimum Gasteiger partial charge on any atom is -0.480 e. The normalized spacial score (nSPS) is 20.1. The van der Waals surface area contributed by atoms with Crippen LogP contribution in [0.15, 0.2) is 52.3 Å². The van der Waals surface area contributed by atoms with E-state index in [2.05, 4.69) is 42.3 Å². The van der Waals surface area contributed by atoms with Gasteiger partial charge in [0.25, 0.3) is 0 Å². The minimum absolute atomic E-state index is 0.209. The van der Waals surface area contributed by atoms with Crippen LogP contribution in [0.25, 0.3) is 0 Å². The Hall–Kier alpha value is -1.71. The zero-order chi connectivity index (χ0) is 26.7. The van der Waals surface area contributed by atoms with Crippen LogP contribution in [0.2, 0.25) is 0 Å². The largest absolute Gasteiger partial charge is 0.480 e. The van der Waals surface area contributed by atoms with E-state index in [-0.39, 0.29) is 5.41 Å². The van der Waals surface area contributed by atoms with E-state index in [9.17, 15) is 19.0 Å². The molecule has 37 heavy (non-hydrogen) atoms. The number of nitrogens with one attached hydrogen (secondary N) is 1. The molecule has 1 aliphatic heterocycles. The minimum atomic E-state index is -3.08. The summed E-state index contributed by atoms with van der Waals surface area (Å²) in [4.78, 5) is 15.6. The number of nitrogens with zero attached hydrogens (tertiary/aromatic N) is 1. The Bertz CT molecular complexity index is 1080. The van der Waals surface area contributed by atoms with Gasteiger partial charge in [0.15, 0.2) is 0 Å². The molecule has 1 heterocycles. The van der Waals surface area contributed by atoms with Crippen LogP contribution in [0, 0.1) is 5.41 Å². The number of para-hydroxylation sites is 1. The molecule has 6 nitrogen and oxygen atoms in total. The molecular weight excluding hydrogens is 504 g/mol. The molecule has 1 aliphatic carbocycles. The van der Waals surface area contributed by atoms with Crippen LogP contribution in [0.1, 0.15) is 70.8 Å². The van der Waals surface area contributed by atoms with Crippen molar-refractivity contribution in [3.63, 3.8) is 0 Å². The highest BCUT2D eigenvalue weighted by Crippen LogP contribution is 2.61. The lowest BCUT2D eigenvalue weighted by molar-refractivity contribution is -0.140. The molecular formula is C29H42N2O4S2. The molecule has 2 aromatic carbocycles. The van der Waals surface area contributed by atoms with Crippen LogP contribution in [0.5, 0.6) is 0 Å². The lowest BCUT2D eigenvalue weighted by Gasteiger charge is -2.42. The summed E-state index contributed by atoms with van der Waals surface area (Å²) in [6.07, 6.45) is 9.44. The number of aliphatic carboxylic acids is 1. The first kappa shape index (κ1) is 28.3. The van der Waals surface area contributed by atoms with Gasteiger partial charge < -0.3 is 10.0 Å². The molecule has 1 saturated carbocycles. The van der Waals surface area contributed by atoms with Gasteiger partial charge in [-0.25, -0.2) is 0 Å². The summed E-state index contributed by atoms with van der Waals surface area (Å²) in [6.45, 7) is 5.51. The summed E-state index contributed by atoms with van der Waals surface area (Å²) in [6, 6.07) is 14.3. The Kier molecular flexibility index (Phi) is 8.86. The predicted molar refractivity (Wildman–Crippen MR) is 156 cm³/mol. The number of hydrogen-bond acceptors (Lipinski definition) is 6. The Labute approximate surface area is 227 Å². The van der Waals surface area contributed by atoms with Gasteiger partial charge in [0.05, 0.1) is 10.6 Å². The molecule has 2 aromatic rings. The lowest BCUT2D eigenvalue weighted by Crippen LogP contribution is -2.38. The average Bonchev–Trinajstić information content (AvgIpc) is 3.70. The number of rotatable bonds is 12. The second-order valence-corrected chi connectivity index (χ2v) is 13.7. The van der Waals surface area contributed by atoms with E-state index >= 15 is 0 Å². The molecule has 4 N–H and O–H groups in total. The predicted octanol–water partition coefficient (Wildman–Crippen LogP) is 7.74. The van der Waals surface area contributed by atoms with Crippen LogP contribution >= 0.6 is 22.4 Å². The Morgan fingerprint density at radius 1 is 1.08 bits per heavy atom. The van der Waals surface area contributed by atoms with E-state index < -0.39 is 22.1 Å². The van der Waals surface area contributed by atoms with E-state index in [1.165, 1.54) is 0 Å². The number of carboxylic acid groups (broad SMARTS) is 1. The fourth-order valence-electron chi connectivity index (χ4n) is 5.59. The smallest absolute Gasteiger partial charge is 0.323 e. The fraction of sp³-hybridized carbons (Fsp3) is 0.552. The molecule has 2 aliphatic rings. The molecule has 0 amide bonds. The molecule has 0 atom stereocenters. The molecule has 204 valence electrons. The van der Waals surface area contributed by atoms with Crippen LogP contribution < -0.4 is 10.2 Å². The van der Waals surface area contributed by atoms with Crippen molar-refractivity contribution in [1.29, 1.82) is 0 Å². The third-order valence-electron chi connectivity index (χ3n) is 7.97. The van der Waals surface area contributed by atoms with Gasteiger partial charge in [-0.05, 0) is 61.8 Å². The lowest BCUT2D eigenvalue weighted by atomic mass is 9.79. The van der Waals surface area contributed by atoms with Gasteiger partial charge in [0.2, 0.25) is 0 Å². The number of carboxylic acids is 1. The number of carbonyl (C=O) groups is 1. The van der Waals surface area contributed by atoms with Crippen LogP contribution in [0.4, 0.5) is 11.4 Å². The van der Waals surface area contributed by atoms with Gasteiger partial charge in [-0.1, -0.05) is 57.7 Å². The number of hydrogen-bond donors (Lipinski definition) is 4. The van der Waals surface area contributed by atoms with Crippen LogP contribution in [-0.4, -0.2) is 44.3 Å². The summed E-state index contributed by atoms with van der Waals surface area (Å²) >= 11 is 1.61. The molecule has 0 unspecified atom stereocenters. The highest BCUT2D eigenvalue weighted by atomic mass is 32.3. The van der Waals surface area contributed by atoms with Crippen molar-refractivity contribution in [3.05, 3.63) is 48.0 Å². The Morgan fingerprint density at radius 3 is 2.27 bits per heavy atom. The van der Waals surface area contributed by atoms with Crippen molar-refractivity contribution in [2.75, 3.05) is 23.5 Å². The third kappa shape index (κ3) is 6.14. The van der Waals surface area contributed by atoms with Gasteiger partial charge in [-0.2, -0.15) is 10.6 Å².